The number of nitro benzene ring substituents is 1. The molecule has 3 rings (SSSR count). The molecule has 0 radical (unpaired) electrons. The normalized spacial score (nSPS) is 14.9. The Bertz CT molecular complexity index is 884. The number of nitrogens with zero attached hydrogens (tertiary/aromatic N) is 2. The molecule has 0 amide bonds. The third kappa shape index (κ3) is 4.82. The summed E-state index contributed by atoms with van der Waals surface area (Å²) >= 11 is 1.32. The molecule has 0 saturated carbocycles. The zero-order valence-corrected chi connectivity index (χ0v) is 16.7. The van der Waals surface area contributed by atoms with Crippen molar-refractivity contribution >= 4 is 28.3 Å². The molecule has 0 spiro atoms. The van der Waals surface area contributed by atoms with Gasteiger partial charge in [-0.2, -0.15) is 0 Å². The summed E-state index contributed by atoms with van der Waals surface area (Å²) in [5.74, 6) is 1.56. The average molecular weight is 401 g/mol. The van der Waals surface area contributed by atoms with E-state index in [0.29, 0.717) is 40.3 Å². The van der Waals surface area contributed by atoms with E-state index in [1.165, 1.54) is 29.5 Å². The zero-order valence-electron chi connectivity index (χ0n) is 15.9. The lowest BCUT2D eigenvalue weighted by Crippen LogP contribution is -2.14. The van der Waals surface area contributed by atoms with Crippen molar-refractivity contribution in [2.75, 3.05) is 6.79 Å². The molecule has 7 nitrogen and oxygen atoms in total. The van der Waals surface area contributed by atoms with E-state index in [-0.39, 0.29) is 12.5 Å². The summed E-state index contributed by atoms with van der Waals surface area (Å²) in [5.41, 5.74) is 9.52. The molecule has 0 aliphatic carbocycles. The topological polar surface area (TPSA) is 100.0 Å². The summed E-state index contributed by atoms with van der Waals surface area (Å²) in [6, 6.07) is 11.0. The third-order valence-corrected chi connectivity index (χ3v) is 5.51. The van der Waals surface area contributed by atoms with Crippen molar-refractivity contribution in [3.63, 3.8) is 0 Å². The lowest BCUT2D eigenvalue weighted by Gasteiger charge is -2.20. The van der Waals surface area contributed by atoms with Gasteiger partial charge in [0.25, 0.3) is 5.69 Å². The number of ether oxygens (including phenoxy) is 2. The molecule has 0 fully saturated rings. The van der Waals surface area contributed by atoms with Gasteiger partial charge in [0.1, 0.15) is 5.75 Å². The average Bonchev–Trinajstić information content (AvgIpc) is 2.71. The van der Waals surface area contributed by atoms with Crippen LogP contribution in [0.2, 0.25) is 0 Å². The van der Waals surface area contributed by atoms with Crippen LogP contribution in [0.15, 0.2) is 41.4 Å². The maximum absolute atomic E-state index is 11.2. The van der Waals surface area contributed by atoms with Crippen LogP contribution in [0.25, 0.3) is 0 Å². The number of aliphatic imine (C=N–C) groups is 1. The number of non-ortho nitro benzene ring substituents is 1. The number of rotatable bonds is 6. The summed E-state index contributed by atoms with van der Waals surface area (Å²) in [7, 11) is 0. The van der Waals surface area contributed by atoms with E-state index < -0.39 is 4.92 Å². The van der Waals surface area contributed by atoms with Crippen molar-refractivity contribution in [2.24, 2.45) is 10.7 Å². The Balaban J connectivity index is 1.73. The molecule has 0 saturated heterocycles. The molecular weight excluding hydrogens is 378 g/mol. The van der Waals surface area contributed by atoms with Crippen LogP contribution in [0.4, 0.5) is 11.4 Å². The molecule has 1 atom stereocenters. The molecule has 2 N–H and O–H groups in total. The van der Waals surface area contributed by atoms with Crippen molar-refractivity contribution in [3.8, 4) is 5.75 Å². The summed E-state index contributed by atoms with van der Waals surface area (Å²) in [4.78, 5) is 15.2. The van der Waals surface area contributed by atoms with Crippen LogP contribution in [0.5, 0.6) is 5.75 Å². The summed E-state index contributed by atoms with van der Waals surface area (Å²) < 4.78 is 10.8. The number of hydrogen-bond acceptors (Lipinski definition) is 6. The fourth-order valence-corrected chi connectivity index (χ4v) is 3.61. The van der Waals surface area contributed by atoms with E-state index in [2.05, 4.69) is 31.0 Å². The highest BCUT2D eigenvalue weighted by Gasteiger charge is 2.21. The fourth-order valence-electron chi connectivity index (χ4n) is 2.92. The second kappa shape index (κ2) is 9.07. The number of hydrogen-bond donors (Lipinski definition) is 1. The van der Waals surface area contributed by atoms with E-state index in [1.54, 1.807) is 0 Å². The maximum atomic E-state index is 11.2. The van der Waals surface area contributed by atoms with Gasteiger partial charge in [0.2, 0.25) is 0 Å². The summed E-state index contributed by atoms with van der Waals surface area (Å²) in [6.07, 6.45) is 1.08. The first-order valence-electron chi connectivity index (χ1n) is 9.05. The first-order chi connectivity index (χ1) is 13.5. The van der Waals surface area contributed by atoms with Crippen LogP contribution >= 0.6 is 11.8 Å². The van der Waals surface area contributed by atoms with Crippen LogP contribution in [0, 0.1) is 10.1 Å². The largest absolute Gasteiger partial charge is 0.467 e. The molecule has 0 aromatic heterocycles. The zero-order chi connectivity index (χ0) is 20.1. The number of fused-ring (bicyclic) bond motifs is 1. The molecular formula is C20H23N3O4S. The number of amidine groups is 1. The number of benzene rings is 2. The van der Waals surface area contributed by atoms with Crippen molar-refractivity contribution in [1.29, 1.82) is 0 Å². The van der Waals surface area contributed by atoms with E-state index in [4.69, 9.17) is 15.2 Å². The van der Waals surface area contributed by atoms with Crippen molar-refractivity contribution in [1.82, 2.24) is 0 Å². The molecule has 1 heterocycles. The number of nitrogens with two attached hydrogens (primary N) is 1. The van der Waals surface area contributed by atoms with Gasteiger partial charge in [-0.3, -0.25) is 10.1 Å². The quantitative estimate of drug-likeness (QED) is 0.321. The molecule has 0 bridgehead atoms. The molecule has 0 unspecified atom stereocenters. The summed E-state index contributed by atoms with van der Waals surface area (Å²) in [6.45, 7) is 4.78. The molecule has 1 aliphatic heterocycles. The first kappa shape index (κ1) is 20.2. The van der Waals surface area contributed by atoms with Gasteiger partial charge in [-0.1, -0.05) is 37.7 Å². The van der Waals surface area contributed by atoms with Gasteiger partial charge in [0, 0.05) is 29.0 Å². The Morgan fingerprint density at radius 3 is 2.79 bits per heavy atom. The smallest absolute Gasteiger partial charge is 0.270 e. The van der Waals surface area contributed by atoms with E-state index in [1.807, 2.05) is 12.1 Å². The maximum Gasteiger partial charge on any atom is 0.270 e. The van der Waals surface area contributed by atoms with Gasteiger partial charge in [0.15, 0.2) is 12.0 Å². The third-order valence-electron chi connectivity index (χ3n) is 4.67. The fraction of sp³-hybridized carbons (Fsp3) is 0.350. The summed E-state index contributed by atoms with van der Waals surface area (Å²) in [5, 5.41) is 11.6. The van der Waals surface area contributed by atoms with Crippen molar-refractivity contribution in [2.45, 2.75) is 38.5 Å². The highest BCUT2D eigenvalue weighted by atomic mass is 32.2. The Hall–Kier alpha value is -2.58. The standard InChI is InChI=1S/C20H23N3O4S/c1-3-13(2)14-4-6-17(7-5-14)22-20(21)28-11-16-9-18(23(24)25)8-15-10-26-12-27-19(15)16/h4-9,13H,3,10-12H2,1-2H3,(H2,21,22)/t13-/m0/s1. The van der Waals surface area contributed by atoms with Crippen LogP contribution < -0.4 is 10.5 Å². The van der Waals surface area contributed by atoms with E-state index >= 15 is 0 Å². The minimum atomic E-state index is -0.417. The van der Waals surface area contributed by atoms with Crippen molar-refractivity contribution in [3.05, 3.63) is 63.2 Å². The molecule has 1 aliphatic rings. The highest BCUT2D eigenvalue weighted by molar-refractivity contribution is 8.13. The van der Waals surface area contributed by atoms with Crippen molar-refractivity contribution < 1.29 is 14.4 Å². The first-order valence-corrected chi connectivity index (χ1v) is 10.0. The number of nitro groups is 1. The Labute approximate surface area is 168 Å². The molecule has 148 valence electrons. The van der Waals surface area contributed by atoms with Gasteiger partial charge in [0.05, 0.1) is 17.2 Å². The van der Waals surface area contributed by atoms with E-state index in [0.717, 1.165) is 12.1 Å². The van der Waals surface area contributed by atoms with Gasteiger partial charge >= 0.3 is 0 Å². The Morgan fingerprint density at radius 1 is 1.36 bits per heavy atom. The molecule has 8 heteroatoms. The predicted molar refractivity (Wildman–Crippen MR) is 111 cm³/mol. The van der Waals surface area contributed by atoms with Gasteiger partial charge in [-0.05, 0) is 30.0 Å². The monoisotopic (exact) mass is 401 g/mol. The minimum Gasteiger partial charge on any atom is -0.467 e. The van der Waals surface area contributed by atoms with Crippen LogP contribution in [0.1, 0.15) is 42.9 Å². The minimum absolute atomic E-state index is 0.0135. The second-order valence-electron chi connectivity index (χ2n) is 6.60. The Kier molecular flexibility index (Phi) is 6.53. The van der Waals surface area contributed by atoms with E-state index in [9.17, 15) is 10.1 Å². The van der Waals surface area contributed by atoms with Gasteiger partial charge in [-0.15, -0.1) is 0 Å². The number of thioether (sulfide) groups is 1. The SMILES string of the molecule is CC[C@H](C)c1ccc(N=C(N)SCc2cc([N+](=O)[O-])cc3c2OCOC3)cc1. The lowest BCUT2D eigenvalue weighted by atomic mass is 9.99. The van der Waals surface area contributed by atoms with Crippen LogP contribution in [0.3, 0.4) is 0 Å². The lowest BCUT2D eigenvalue weighted by molar-refractivity contribution is -0.385. The predicted octanol–water partition coefficient (Wildman–Crippen LogP) is 4.85. The Morgan fingerprint density at radius 2 is 2.11 bits per heavy atom. The highest BCUT2D eigenvalue weighted by Crippen LogP contribution is 2.35. The van der Waals surface area contributed by atoms with Crippen LogP contribution in [-0.4, -0.2) is 16.9 Å². The van der Waals surface area contributed by atoms with Gasteiger partial charge < -0.3 is 15.2 Å². The van der Waals surface area contributed by atoms with Gasteiger partial charge in [-0.25, -0.2) is 4.99 Å². The van der Waals surface area contributed by atoms with Crippen LogP contribution in [-0.2, 0) is 17.1 Å². The second-order valence-corrected chi connectivity index (χ2v) is 7.60. The molecule has 2 aromatic rings. The molecule has 2 aromatic carbocycles. The molecule has 28 heavy (non-hydrogen) atoms.